The number of rotatable bonds is 5. The van der Waals surface area contributed by atoms with Gasteiger partial charge in [-0.3, -0.25) is 9.59 Å². The van der Waals surface area contributed by atoms with Gasteiger partial charge < -0.3 is 14.8 Å². The molecule has 0 spiro atoms. The van der Waals surface area contributed by atoms with Gasteiger partial charge in [0.05, 0.1) is 22.3 Å². The summed E-state index contributed by atoms with van der Waals surface area (Å²) in [4.78, 5) is 25.3. The van der Waals surface area contributed by atoms with Crippen molar-refractivity contribution in [3.63, 3.8) is 0 Å². The lowest BCUT2D eigenvalue weighted by Gasteiger charge is -2.09. The van der Waals surface area contributed by atoms with Gasteiger partial charge in [-0.15, -0.1) is 11.3 Å². The van der Waals surface area contributed by atoms with Gasteiger partial charge in [0.15, 0.2) is 11.5 Å². The average molecular weight is 393 g/mol. The number of anilines is 1. The molecular formula is C20H15N3O4S. The summed E-state index contributed by atoms with van der Waals surface area (Å²) in [5, 5.41) is 8.56. The number of hydrogen-bond donors (Lipinski definition) is 2. The Balaban J connectivity index is 1.44. The summed E-state index contributed by atoms with van der Waals surface area (Å²) in [6.45, 7) is 0.195. The zero-order chi connectivity index (χ0) is 19.3. The van der Waals surface area contributed by atoms with Gasteiger partial charge >= 0.3 is 0 Å². The summed E-state index contributed by atoms with van der Waals surface area (Å²) in [7, 11) is 0. The highest BCUT2D eigenvalue weighted by atomic mass is 32.1. The SMILES string of the molecule is O=C(Nc1ccccc1C(=O)N/N=C\c1ccc2c(c1)OCO2)c1cccs1. The van der Waals surface area contributed by atoms with Crippen LogP contribution < -0.4 is 20.2 Å². The van der Waals surface area contributed by atoms with Gasteiger partial charge in [0, 0.05) is 0 Å². The van der Waals surface area contributed by atoms with Crippen LogP contribution in [0, 0.1) is 0 Å². The van der Waals surface area contributed by atoms with Gasteiger partial charge in [-0.2, -0.15) is 5.10 Å². The standard InChI is InChI=1S/C20H15N3O4S/c24-19(23-21-11-13-7-8-16-17(10-13)27-12-26-16)14-4-1-2-5-15(14)22-20(25)18-6-3-9-28-18/h1-11H,12H2,(H,22,25)(H,23,24)/b21-11-. The molecule has 0 radical (unpaired) electrons. The molecule has 1 aliphatic rings. The van der Waals surface area contributed by atoms with E-state index in [1.54, 1.807) is 54.6 Å². The number of amides is 2. The maximum atomic E-state index is 12.5. The van der Waals surface area contributed by atoms with Crippen molar-refractivity contribution in [2.45, 2.75) is 0 Å². The van der Waals surface area contributed by atoms with Gasteiger partial charge in [0.2, 0.25) is 6.79 Å². The number of nitrogens with one attached hydrogen (secondary N) is 2. The number of carbonyl (C=O) groups excluding carboxylic acids is 2. The zero-order valence-electron chi connectivity index (χ0n) is 14.5. The molecule has 0 fully saturated rings. The third-order valence-corrected chi connectivity index (χ3v) is 4.81. The molecule has 0 saturated carbocycles. The molecule has 0 saturated heterocycles. The van der Waals surface area contributed by atoms with Crippen molar-refractivity contribution < 1.29 is 19.1 Å². The first kappa shape index (κ1) is 17.7. The third-order valence-electron chi connectivity index (χ3n) is 3.94. The van der Waals surface area contributed by atoms with Crippen LogP contribution in [0.5, 0.6) is 11.5 Å². The van der Waals surface area contributed by atoms with E-state index >= 15 is 0 Å². The van der Waals surface area contributed by atoms with Gasteiger partial charge in [0.25, 0.3) is 11.8 Å². The molecule has 140 valence electrons. The number of para-hydroxylation sites is 1. The maximum Gasteiger partial charge on any atom is 0.273 e. The molecule has 1 aromatic heterocycles. The van der Waals surface area contributed by atoms with E-state index in [2.05, 4.69) is 15.8 Å². The number of benzene rings is 2. The monoisotopic (exact) mass is 393 g/mol. The summed E-state index contributed by atoms with van der Waals surface area (Å²) >= 11 is 1.33. The smallest absolute Gasteiger partial charge is 0.273 e. The molecule has 3 aromatic rings. The largest absolute Gasteiger partial charge is 0.454 e. The molecule has 2 amide bonds. The van der Waals surface area contributed by atoms with Gasteiger partial charge in [-0.1, -0.05) is 18.2 Å². The highest BCUT2D eigenvalue weighted by molar-refractivity contribution is 7.12. The van der Waals surface area contributed by atoms with Crippen LogP contribution in [0.25, 0.3) is 0 Å². The van der Waals surface area contributed by atoms with Crippen molar-refractivity contribution in [1.29, 1.82) is 0 Å². The molecule has 8 heteroatoms. The predicted octanol–water partition coefficient (Wildman–Crippen LogP) is 3.49. The fraction of sp³-hybridized carbons (Fsp3) is 0.0500. The predicted molar refractivity (Wildman–Crippen MR) is 106 cm³/mol. The summed E-state index contributed by atoms with van der Waals surface area (Å²) < 4.78 is 10.6. The van der Waals surface area contributed by atoms with E-state index in [-0.39, 0.29) is 12.7 Å². The second kappa shape index (κ2) is 7.93. The molecule has 2 heterocycles. The van der Waals surface area contributed by atoms with Gasteiger partial charge in [-0.25, -0.2) is 5.43 Å². The highest BCUT2D eigenvalue weighted by Crippen LogP contribution is 2.31. The van der Waals surface area contributed by atoms with Crippen LogP contribution in [0.15, 0.2) is 65.1 Å². The highest BCUT2D eigenvalue weighted by Gasteiger charge is 2.15. The fourth-order valence-electron chi connectivity index (χ4n) is 2.60. The Morgan fingerprint density at radius 3 is 2.71 bits per heavy atom. The molecule has 2 aromatic carbocycles. The Kier molecular flexibility index (Phi) is 5.03. The first-order valence-corrected chi connectivity index (χ1v) is 9.25. The van der Waals surface area contributed by atoms with E-state index in [0.717, 1.165) is 5.56 Å². The lowest BCUT2D eigenvalue weighted by atomic mass is 10.1. The van der Waals surface area contributed by atoms with Crippen molar-refractivity contribution in [2.24, 2.45) is 5.10 Å². The van der Waals surface area contributed by atoms with E-state index in [1.165, 1.54) is 17.6 Å². The quantitative estimate of drug-likeness (QED) is 0.513. The van der Waals surface area contributed by atoms with E-state index in [9.17, 15) is 9.59 Å². The van der Waals surface area contributed by atoms with E-state index in [0.29, 0.717) is 27.6 Å². The van der Waals surface area contributed by atoms with E-state index in [1.807, 2.05) is 5.38 Å². The topological polar surface area (TPSA) is 89.0 Å². The molecule has 2 N–H and O–H groups in total. The Morgan fingerprint density at radius 2 is 1.86 bits per heavy atom. The molecule has 7 nitrogen and oxygen atoms in total. The van der Waals surface area contributed by atoms with Crippen LogP contribution in [0.1, 0.15) is 25.6 Å². The minimum Gasteiger partial charge on any atom is -0.454 e. The minimum absolute atomic E-state index is 0.195. The molecular weight excluding hydrogens is 378 g/mol. The molecule has 0 aliphatic carbocycles. The van der Waals surface area contributed by atoms with Crippen LogP contribution in [0.2, 0.25) is 0 Å². The lowest BCUT2D eigenvalue weighted by Crippen LogP contribution is -2.21. The number of nitrogens with zero attached hydrogens (tertiary/aromatic N) is 1. The zero-order valence-corrected chi connectivity index (χ0v) is 15.4. The van der Waals surface area contributed by atoms with E-state index in [4.69, 9.17) is 9.47 Å². The normalized spacial score (nSPS) is 12.1. The third kappa shape index (κ3) is 3.86. The molecule has 0 unspecified atom stereocenters. The Bertz CT molecular complexity index is 1050. The minimum atomic E-state index is -0.431. The van der Waals surface area contributed by atoms with Gasteiger partial charge in [0.1, 0.15) is 0 Å². The first-order chi connectivity index (χ1) is 13.7. The van der Waals surface area contributed by atoms with Crippen molar-refractivity contribution in [3.05, 3.63) is 76.0 Å². The van der Waals surface area contributed by atoms with Crippen LogP contribution in [0.3, 0.4) is 0 Å². The summed E-state index contributed by atoms with van der Waals surface area (Å²) in [6, 6.07) is 15.6. The number of carbonyl (C=O) groups is 2. The molecule has 28 heavy (non-hydrogen) atoms. The summed E-state index contributed by atoms with van der Waals surface area (Å²) in [5.41, 5.74) is 3.96. The Hall–Kier alpha value is -3.65. The van der Waals surface area contributed by atoms with Crippen molar-refractivity contribution in [1.82, 2.24) is 5.43 Å². The molecule has 1 aliphatic heterocycles. The Labute approximate surface area is 164 Å². The number of ether oxygens (including phenoxy) is 2. The number of hydrogen-bond acceptors (Lipinski definition) is 6. The number of thiophene rings is 1. The van der Waals surface area contributed by atoms with Crippen LogP contribution in [0.4, 0.5) is 5.69 Å². The number of fused-ring (bicyclic) bond motifs is 1. The second-order valence-electron chi connectivity index (χ2n) is 5.79. The maximum absolute atomic E-state index is 12.5. The van der Waals surface area contributed by atoms with Crippen LogP contribution in [-0.4, -0.2) is 24.8 Å². The first-order valence-electron chi connectivity index (χ1n) is 8.37. The number of hydrazone groups is 1. The average Bonchev–Trinajstić information content (AvgIpc) is 3.40. The van der Waals surface area contributed by atoms with Gasteiger partial charge in [-0.05, 0) is 47.3 Å². The van der Waals surface area contributed by atoms with E-state index < -0.39 is 5.91 Å². The van der Waals surface area contributed by atoms with Crippen molar-refractivity contribution >= 4 is 35.1 Å². The lowest BCUT2D eigenvalue weighted by molar-refractivity contribution is 0.0956. The Morgan fingerprint density at radius 1 is 1.00 bits per heavy atom. The molecule has 0 atom stereocenters. The summed E-state index contributed by atoms with van der Waals surface area (Å²) in [6.07, 6.45) is 1.51. The van der Waals surface area contributed by atoms with Crippen molar-refractivity contribution in [2.75, 3.05) is 12.1 Å². The van der Waals surface area contributed by atoms with Crippen molar-refractivity contribution in [3.8, 4) is 11.5 Å². The summed E-state index contributed by atoms with van der Waals surface area (Å²) in [5.74, 6) is 0.617. The molecule has 4 rings (SSSR count). The molecule has 0 bridgehead atoms. The van der Waals surface area contributed by atoms with Crippen LogP contribution >= 0.6 is 11.3 Å². The van der Waals surface area contributed by atoms with Crippen LogP contribution in [-0.2, 0) is 0 Å². The second-order valence-corrected chi connectivity index (χ2v) is 6.74. The fourth-order valence-corrected chi connectivity index (χ4v) is 3.22.